The molecule has 154 valence electrons. The lowest BCUT2D eigenvalue weighted by atomic mass is 9.77. The van der Waals surface area contributed by atoms with Gasteiger partial charge in [0.2, 0.25) is 11.8 Å². The molecule has 4 rings (SSSR count). The molecule has 1 saturated heterocycles. The first-order valence-electron chi connectivity index (χ1n) is 9.45. The number of aromatic nitrogens is 1. The van der Waals surface area contributed by atoms with Crippen molar-refractivity contribution in [3.05, 3.63) is 77.7 Å². The standard InChI is InChI=1S/C23H21FN2O4/c1-29-21-10-16(12-27)20(11-25-21)15-2-4-17(5-3-15)23(13-30-14-23)22(28)26-19-8-6-18(24)7-9-19/h2-11,27H,12-14H2,1H3,(H,26,28). The van der Waals surface area contributed by atoms with Crippen LogP contribution in [0.2, 0.25) is 0 Å². The van der Waals surface area contributed by atoms with Crippen LogP contribution in [0.1, 0.15) is 11.1 Å². The lowest BCUT2D eigenvalue weighted by Gasteiger charge is -2.40. The molecule has 1 fully saturated rings. The fraction of sp³-hybridized carbons (Fsp3) is 0.217. The number of hydrogen-bond donors (Lipinski definition) is 2. The fourth-order valence-electron chi connectivity index (χ4n) is 3.47. The third-order valence-electron chi connectivity index (χ3n) is 5.33. The summed E-state index contributed by atoms with van der Waals surface area (Å²) in [6.45, 7) is 0.393. The number of carbonyl (C=O) groups excluding carboxylic acids is 1. The number of aliphatic hydroxyl groups excluding tert-OH is 1. The van der Waals surface area contributed by atoms with Crippen molar-refractivity contribution in [2.45, 2.75) is 12.0 Å². The predicted molar refractivity (Wildman–Crippen MR) is 110 cm³/mol. The maximum Gasteiger partial charge on any atom is 0.239 e. The Morgan fingerprint density at radius 2 is 1.90 bits per heavy atom. The molecule has 1 aliphatic heterocycles. The van der Waals surface area contributed by atoms with Crippen molar-refractivity contribution in [2.75, 3.05) is 25.6 Å². The van der Waals surface area contributed by atoms with E-state index >= 15 is 0 Å². The molecule has 0 saturated carbocycles. The number of hydrogen-bond acceptors (Lipinski definition) is 5. The Morgan fingerprint density at radius 3 is 2.47 bits per heavy atom. The van der Waals surface area contributed by atoms with Crippen molar-refractivity contribution in [1.29, 1.82) is 0 Å². The van der Waals surface area contributed by atoms with E-state index in [1.54, 1.807) is 12.3 Å². The summed E-state index contributed by atoms with van der Waals surface area (Å²) in [5.74, 6) is -0.127. The molecule has 30 heavy (non-hydrogen) atoms. The Balaban J connectivity index is 1.59. The number of rotatable bonds is 6. The molecule has 0 atom stereocenters. The molecule has 1 aromatic heterocycles. The van der Waals surface area contributed by atoms with Crippen molar-refractivity contribution in [1.82, 2.24) is 4.98 Å². The summed E-state index contributed by atoms with van der Waals surface area (Å²) in [5, 5.41) is 12.5. The van der Waals surface area contributed by atoms with Gasteiger partial charge in [-0.25, -0.2) is 9.37 Å². The van der Waals surface area contributed by atoms with Gasteiger partial charge in [0.15, 0.2) is 0 Å². The number of amides is 1. The van der Waals surface area contributed by atoms with E-state index in [-0.39, 0.29) is 31.5 Å². The minimum Gasteiger partial charge on any atom is -0.481 e. The molecule has 0 radical (unpaired) electrons. The van der Waals surface area contributed by atoms with Crippen LogP contribution in [0.3, 0.4) is 0 Å². The van der Waals surface area contributed by atoms with Crippen molar-refractivity contribution in [3.8, 4) is 17.0 Å². The Morgan fingerprint density at radius 1 is 1.20 bits per heavy atom. The van der Waals surface area contributed by atoms with Gasteiger partial charge in [0.1, 0.15) is 11.2 Å². The van der Waals surface area contributed by atoms with Crippen LogP contribution in [-0.4, -0.2) is 36.3 Å². The number of anilines is 1. The second kappa shape index (κ2) is 8.22. The number of benzene rings is 2. The molecular weight excluding hydrogens is 387 g/mol. The van der Waals surface area contributed by atoms with E-state index in [0.29, 0.717) is 17.1 Å². The first kappa shape index (κ1) is 20.0. The number of nitrogens with zero attached hydrogens (tertiary/aromatic N) is 1. The van der Waals surface area contributed by atoms with Gasteiger partial charge in [-0.15, -0.1) is 0 Å². The number of aliphatic hydroxyl groups is 1. The molecule has 2 heterocycles. The van der Waals surface area contributed by atoms with Crippen LogP contribution in [0, 0.1) is 5.82 Å². The second-order valence-electron chi connectivity index (χ2n) is 7.16. The fourth-order valence-corrected chi connectivity index (χ4v) is 3.47. The molecule has 2 N–H and O–H groups in total. The molecular formula is C23H21FN2O4. The summed E-state index contributed by atoms with van der Waals surface area (Å²) < 4.78 is 23.6. The largest absolute Gasteiger partial charge is 0.481 e. The molecule has 0 aliphatic carbocycles. The highest BCUT2D eigenvalue weighted by Gasteiger charge is 2.47. The maximum absolute atomic E-state index is 13.1. The average molecular weight is 408 g/mol. The third kappa shape index (κ3) is 3.65. The highest BCUT2D eigenvalue weighted by Crippen LogP contribution is 2.35. The molecule has 7 heteroatoms. The lowest BCUT2D eigenvalue weighted by Crippen LogP contribution is -2.55. The van der Waals surface area contributed by atoms with Crippen LogP contribution >= 0.6 is 0 Å². The zero-order valence-electron chi connectivity index (χ0n) is 16.4. The summed E-state index contributed by atoms with van der Waals surface area (Å²) in [7, 11) is 1.52. The molecule has 6 nitrogen and oxygen atoms in total. The Labute approximate surface area is 173 Å². The molecule has 1 amide bonds. The van der Waals surface area contributed by atoms with Crippen LogP contribution in [0.25, 0.3) is 11.1 Å². The summed E-state index contributed by atoms with van der Waals surface area (Å²) >= 11 is 0. The van der Waals surface area contributed by atoms with E-state index in [2.05, 4.69) is 10.3 Å². The van der Waals surface area contributed by atoms with Crippen molar-refractivity contribution < 1.29 is 23.8 Å². The van der Waals surface area contributed by atoms with E-state index in [1.807, 2.05) is 24.3 Å². The third-order valence-corrected chi connectivity index (χ3v) is 5.33. The van der Waals surface area contributed by atoms with Gasteiger partial charge in [0, 0.05) is 23.5 Å². The number of carbonyl (C=O) groups is 1. The van der Waals surface area contributed by atoms with Crippen LogP contribution < -0.4 is 10.1 Å². The minimum atomic E-state index is -0.801. The van der Waals surface area contributed by atoms with E-state index in [9.17, 15) is 14.3 Å². The summed E-state index contributed by atoms with van der Waals surface area (Å²) in [6, 6.07) is 14.9. The lowest BCUT2D eigenvalue weighted by molar-refractivity contribution is -0.139. The quantitative estimate of drug-likeness (QED) is 0.654. The van der Waals surface area contributed by atoms with Gasteiger partial charge in [-0.05, 0) is 41.0 Å². The highest BCUT2D eigenvalue weighted by atomic mass is 19.1. The SMILES string of the molecule is COc1cc(CO)c(-c2ccc(C3(C(=O)Nc4ccc(F)cc4)COC3)cc2)cn1. The number of ether oxygens (including phenoxy) is 2. The van der Waals surface area contributed by atoms with E-state index in [1.165, 1.54) is 31.4 Å². The monoisotopic (exact) mass is 408 g/mol. The van der Waals surface area contributed by atoms with Gasteiger partial charge in [0.25, 0.3) is 0 Å². The van der Waals surface area contributed by atoms with Crippen LogP contribution in [-0.2, 0) is 21.6 Å². The van der Waals surface area contributed by atoms with Gasteiger partial charge in [0.05, 0.1) is 26.9 Å². The van der Waals surface area contributed by atoms with Gasteiger partial charge in [-0.1, -0.05) is 24.3 Å². The Bertz CT molecular complexity index is 1050. The van der Waals surface area contributed by atoms with Gasteiger partial charge in [-0.2, -0.15) is 0 Å². The van der Waals surface area contributed by atoms with Crippen LogP contribution in [0.5, 0.6) is 5.88 Å². The van der Waals surface area contributed by atoms with Crippen molar-refractivity contribution in [2.24, 2.45) is 0 Å². The average Bonchev–Trinajstić information content (AvgIpc) is 2.74. The normalized spacial score (nSPS) is 14.6. The van der Waals surface area contributed by atoms with Crippen LogP contribution in [0.4, 0.5) is 10.1 Å². The molecule has 0 unspecified atom stereocenters. The Kier molecular flexibility index (Phi) is 5.48. The maximum atomic E-state index is 13.1. The zero-order valence-corrected chi connectivity index (χ0v) is 16.4. The zero-order chi connectivity index (χ0) is 21.1. The molecule has 0 spiro atoms. The van der Waals surface area contributed by atoms with Gasteiger partial charge in [-0.3, -0.25) is 4.79 Å². The predicted octanol–water partition coefficient (Wildman–Crippen LogP) is 3.30. The van der Waals surface area contributed by atoms with Crippen LogP contribution in [0.15, 0.2) is 60.8 Å². The summed E-state index contributed by atoms with van der Waals surface area (Å²) in [4.78, 5) is 17.2. The Hall–Kier alpha value is -3.29. The second-order valence-corrected chi connectivity index (χ2v) is 7.16. The topological polar surface area (TPSA) is 80.7 Å². The molecule has 3 aromatic rings. The highest BCUT2D eigenvalue weighted by molar-refractivity contribution is 6.00. The van der Waals surface area contributed by atoms with E-state index in [0.717, 1.165) is 16.7 Å². The molecule has 1 aliphatic rings. The number of methoxy groups -OCH3 is 1. The summed E-state index contributed by atoms with van der Waals surface area (Å²) in [5.41, 5.74) is 2.91. The smallest absolute Gasteiger partial charge is 0.239 e. The number of pyridine rings is 1. The first-order valence-corrected chi connectivity index (χ1v) is 9.45. The van der Waals surface area contributed by atoms with Gasteiger partial charge >= 0.3 is 0 Å². The first-order chi connectivity index (χ1) is 14.6. The minimum absolute atomic E-state index is 0.145. The number of nitrogens with one attached hydrogen (secondary N) is 1. The molecule has 2 aromatic carbocycles. The molecule has 0 bridgehead atoms. The van der Waals surface area contributed by atoms with E-state index in [4.69, 9.17) is 9.47 Å². The van der Waals surface area contributed by atoms with Crippen molar-refractivity contribution >= 4 is 11.6 Å². The van der Waals surface area contributed by atoms with E-state index < -0.39 is 5.41 Å². The van der Waals surface area contributed by atoms with Gasteiger partial charge < -0.3 is 19.9 Å². The van der Waals surface area contributed by atoms with Crippen molar-refractivity contribution in [3.63, 3.8) is 0 Å². The summed E-state index contributed by atoms with van der Waals surface area (Å²) in [6.07, 6.45) is 1.66. The number of halogens is 1.